The third-order valence-electron chi connectivity index (χ3n) is 3.09. The van der Waals surface area contributed by atoms with Crippen molar-refractivity contribution in [3.63, 3.8) is 0 Å². The summed E-state index contributed by atoms with van der Waals surface area (Å²) in [6, 6.07) is 3.60. The third kappa shape index (κ3) is 3.39. The van der Waals surface area contributed by atoms with Crippen LogP contribution in [0.1, 0.15) is 41.9 Å². The molecule has 2 rings (SSSR count). The molecule has 0 aromatic carbocycles. The minimum atomic E-state index is -0.649. The van der Waals surface area contributed by atoms with Crippen LogP contribution in [0.2, 0.25) is 0 Å². The molecule has 2 aromatic rings. The van der Waals surface area contributed by atoms with Gasteiger partial charge in [0, 0.05) is 30.0 Å². The van der Waals surface area contributed by atoms with Crippen molar-refractivity contribution in [2.45, 2.75) is 32.9 Å². The fraction of sp³-hybridized carbons (Fsp3) is 0.429. The second-order valence-electron chi connectivity index (χ2n) is 4.62. The quantitative estimate of drug-likeness (QED) is 0.862. The maximum Gasteiger partial charge on any atom is 0.133 e. The molecule has 2 atom stereocenters. The van der Waals surface area contributed by atoms with Crippen molar-refractivity contribution in [2.75, 3.05) is 6.54 Å². The molecule has 0 bridgehead atoms. The Kier molecular flexibility index (Phi) is 4.29. The van der Waals surface area contributed by atoms with Crippen molar-refractivity contribution in [3.05, 3.63) is 47.4 Å². The molecule has 2 heterocycles. The molecule has 0 radical (unpaired) electrons. The zero-order chi connectivity index (χ0) is 13.8. The Balaban J connectivity index is 1.96. The van der Waals surface area contributed by atoms with Crippen molar-refractivity contribution in [1.82, 2.24) is 15.3 Å². The molecule has 0 amide bonds. The minimum Gasteiger partial charge on any atom is -0.467 e. The number of hydrogen-bond acceptors (Lipinski definition) is 5. The van der Waals surface area contributed by atoms with Gasteiger partial charge in [-0.15, -0.1) is 0 Å². The first-order valence-electron chi connectivity index (χ1n) is 6.33. The Hall–Kier alpha value is -1.72. The number of aromatic nitrogens is 2. The molecule has 2 unspecified atom stereocenters. The van der Waals surface area contributed by atoms with Gasteiger partial charge in [0.15, 0.2) is 0 Å². The number of nitrogens with one attached hydrogen (secondary N) is 1. The summed E-state index contributed by atoms with van der Waals surface area (Å²) in [5.74, 6) is 1.33. The molecule has 2 aromatic heterocycles. The van der Waals surface area contributed by atoms with E-state index in [1.807, 2.05) is 27.0 Å². The Bertz CT molecular complexity index is 525. The molecule has 5 nitrogen and oxygen atoms in total. The van der Waals surface area contributed by atoms with Crippen molar-refractivity contribution in [3.8, 4) is 0 Å². The fourth-order valence-corrected chi connectivity index (χ4v) is 2.00. The van der Waals surface area contributed by atoms with Gasteiger partial charge in [0.2, 0.25) is 0 Å². The zero-order valence-electron chi connectivity index (χ0n) is 11.4. The van der Waals surface area contributed by atoms with E-state index in [-0.39, 0.29) is 6.04 Å². The van der Waals surface area contributed by atoms with Gasteiger partial charge in [-0.1, -0.05) is 0 Å². The predicted molar refractivity (Wildman–Crippen MR) is 71.6 cm³/mol. The van der Waals surface area contributed by atoms with Crippen LogP contribution in [0.4, 0.5) is 0 Å². The van der Waals surface area contributed by atoms with Gasteiger partial charge < -0.3 is 14.8 Å². The number of aliphatic hydroxyl groups excluding tert-OH is 1. The van der Waals surface area contributed by atoms with Gasteiger partial charge in [-0.05, 0) is 32.9 Å². The molecule has 102 valence electrons. The lowest BCUT2D eigenvalue weighted by molar-refractivity contribution is 0.144. The number of rotatable bonds is 5. The smallest absolute Gasteiger partial charge is 0.133 e. The second-order valence-corrected chi connectivity index (χ2v) is 4.62. The van der Waals surface area contributed by atoms with Gasteiger partial charge in [0.25, 0.3) is 0 Å². The molecule has 0 aliphatic heterocycles. The summed E-state index contributed by atoms with van der Waals surface area (Å²) >= 11 is 0. The molecule has 0 fully saturated rings. The summed E-state index contributed by atoms with van der Waals surface area (Å²) in [4.78, 5) is 8.55. The lowest BCUT2D eigenvalue weighted by Gasteiger charge is -2.17. The maximum absolute atomic E-state index is 9.93. The number of hydrogen-bond donors (Lipinski definition) is 2. The summed E-state index contributed by atoms with van der Waals surface area (Å²) in [6.07, 6.45) is 2.73. The van der Waals surface area contributed by atoms with E-state index in [2.05, 4.69) is 15.3 Å². The lowest BCUT2D eigenvalue weighted by atomic mass is 10.1. The molecule has 2 N–H and O–H groups in total. The van der Waals surface area contributed by atoms with Gasteiger partial charge in [-0.3, -0.25) is 0 Å². The third-order valence-corrected chi connectivity index (χ3v) is 3.09. The van der Waals surface area contributed by atoms with Crippen molar-refractivity contribution in [1.29, 1.82) is 0 Å². The largest absolute Gasteiger partial charge is 0.467 e. The van der Waals surface area contributed by atoms with Crippen LogP contribution in [-0.2, 0) is 0 Å². The van der Waals surface area contributed by atoms with E-state index in [9.17, 15) is 5.11 Å². The first-order chi connectivity index (χ1) is 9.08. The highest BCUT2D eigenvalue weighted by Crippen LogP contribution is 2.17. The standard InChI is InChI=1S/C14H19N3O2/c1-9(12-7-16-11(3)17-10(12)2)15-8-13(18)14-5-4-6-19-14/h4-7,9,13,15,18H,8H2,1-3H3. The number of nitrogens with zero attached hydrogens (tertiary/aromatic N) is 2. The highest BCUT2D eigenvalue weighted by molar-refractivity contribution is 5.19. The summed E-state index contributed by atoms with van der Waals surface area (Å²) in [6.45, 7) is 6.28. The van der Waals surface area contributed by atoms with Crippen molar-refractivity contribution < 1.29 is 9.52 Å². The molecule has 19 heavy (non-hydrogen) atoms. The van der Waals surface area contributed by atoms with Crippen LogP contribution < -0.4 is 5.32 Å². The first-order valence-corrected chi connectivity index (χ1v) is 6.33. The number of aryl methyl sites for hydroxylation is 2. The molecular weight excluding hydrogens is 242 g/mol. The summed E-state index contributed by atoms with van der Waals surface area (Å²) < 4.78 is 5.16. The van der Waals surface area contributed by atoms with Gasteiger partial charge in [-0.25, -0.2) is 9.97 Å². The Morgan fingerprint density at radius 2 is 2.21 bits per heavy atom. The van der Waals surface area contributed by atoms with Crippen LogP contribution >= 0.6 is 0 Å². The molecule has 0 aliphatic rings. The molecule has 0 saturated heterocycles. The molecule has 0 spiro atoms. The van der Waals surface area contributed by atoms with E-state index >= 15 is 0 Å². The predicted octanol–water partition coefficient (Wildman–Crippen LogP) is 2.07. The van der Waals surface area contributed by atoms with Crippen LogP contribution in [0, 0.1) is 13.8 Å². The van der Waals surface area contributed by atoms with Crippen LogP contribution in [0.15, 0.2) is 29.0 Å². The van der Waals surface area contributed by atoms with E-state index < -0.39 is 6.10 Å². The van der Waals surface area contributed by atoms with E-state index in [1.165, 1.54) is 0 Å². The first kappa shape index (κ1) is 13.7. The topological polar surface area (TPSA) is 71.2 Å². The number of furan rings is 1. The average Bonchev–Trinajstić information content (AvgIpc) is 2.89. The molecule has 5 heteroatoms. The summed E-state index contributed by atoms with van der Waals surface area (Å²) in [7, 11) is 0. The normalized spacial score (nSPS) is 14.3. The molecule has 0 saturated carbocycles. The number of aliphatic hydroxyl groups is 1. The summed E-state index contributed by atoms with van der Waals surface area (Å²) in [5.41, 5.74) is 2.00. The van der Waals surface area contributed by atoms with Crippen LogP contribution in [0.3, 0.4) is 0 Å². The maximum atomic E-state index is 9.93. The summed E-state index contributed by atoms with van der Waals surface area (Å²) in [5, 5.41) is 13.2. The van der Waals surface area contributed by atoms with Crippen molar-refractivity contribution >= 4 is 0 Å². The van der Waals surface area contributed by atoms with E-state index in [4.69, 9.17) is 4.42 Å². The fourth-order valence-electron chi connectivity index (χ4n) is 2.00. The highest BCUT2D eigenvalue weighted by Gasteiger charge is 2.14. The van der Waals surface area contributed by atoms with Gasteiger partial charge in [-0.2, -0.15) is 0 Å². The van der Waals surface area contributed by atoms with Crippen molar-refractivity contribution in [2.24, 2.45) is 0 Å². The Labute approximate surface area is 112 Å². The van der Waals surface area contributed by atoms with Gasteiger partial charge >= 0.3 is 0 Å². The molecule has 0 aliphatic carbocycles. The SMILES string of the molecule is Cc1ncc(C(C)NCC(O)c2ccco2)c(C)n1. The Morgan fingerprint density at radius 3 is 2.84 bits per heavy atom. The van der Waals surface area contributed by atoms with Gasteiger partial charge in [0.05, 0.1) is 6.26 Å². The van der Waals surface area contributed by atoms with E-state index in [0.717, 1.165) is 17.1 Å². The van der Waals surface area contributed by atoms with E-state index in [0.29, 0.717) is 12.3 Å². The monoisotopic (exact) mass is 261 g/mol. The van der Waals surface area contributed by atoms with Gasteiger partial charge in [0.1, 0.15) is 17.7 Å². The average molecular weight is 261 g/mol. The molecular formula is C14H19N3O2. The minimum absolute atomic E-state index is 0.0743. The van der Waals surface area contributed by atoms with Crippen LogP contribution in [0.25, 0.3) is 0 Å². The zero-order valence-corrected chi connectivity index (χ0v) is 11.4. The van der Waals surface area contributed by atoms with Crippen LogP contribution in [-0.4, -0.2) is 21.6 Å². The van der Waals surface area contributed by atoms with E-state index in [1.54, 1.807) is 18.4 Å². The lowest BCUT2D eigenvalue weighted by Crippen LogP contribution is -2.25. The van der Waals surface area contributed by atoms with Crippen LogP contribution in [0.5, 0.6) is 0 Å². The Morgan fingerprint density at radius 1 is 1.42 bits per heavy atom. The highest BCUT2D eigenvalue weighted by atomic mass is 16.4. The second kappa shape index (κ2) is 5.95.